The Kier molecular flexibility index (Phi) is 6.60. The van der Waals surface area contributed by atoms with Crippen LogP contribution in [0.2, 0.25) is 0 Å². The lowest BCUT2D eigenvalue weighted by Gasteiger charge is -2.18. The summed E-state index contributed by atoms with van der Waals surface area (Å²) in [5, 5.41) is 4.01. The predicted molar refractivity (Wildman–Crippen MR) is 98.6 cm³/mol. The van der Waals surface area contributed by atoms with Crippen LogP contribution in [0.15, 0.2) is 23.6 Å². The van der Waals surface area contributed by atoms with Crippen LogP contribution in [0.5, 0.6) is 0 Å². The second-order valence-corrected chi connectivity index (χ2v) is 6.75. The van der Waals surface area contributed by atoms with Crippen LogP contribution >= 0.6 is 11.6 Å². The van der Waals surface area contributed by atoms with Crippen molar-refractivity contribution in [3.63, 3.8) is 0 Å². The van der Waals surface area contributed by atoms with Gasteiger partial charge in [-0.2, -0.15) is 10.1 Å². The number of esters is 2. The molecule has 0 unspecified atom stereocenters. The van der Waals surface area contributed by atoms with Crippen LogP contribution in [-0.4, -0.2) is 60.9 Å². The van der Waals surface area contributed by atoms with Crippen molar-refractivity contribution in [1.82, 2.24) is 24.3 Å². The molecule has 1 saturated heterocycles. The first-order chi connectivity index (χ1) is 13.9. The van der Waals surface area contributed by atoms with E-state index in [1.54, 1.807) is 6.20 Å². The van der Waals surface area contributed by atoms with Crippen molar-refractivity contribution in [1.29, 1.82) is 0 Å². The molecule has 1 aliphatic rings. The molecule has 0 aliphatic carbocycles. The normalized spacial score (nSPS) is 21.1. The molecule has 0 saturated carbocycles. The number of hydrogen-bond acceptors (Lipinski definition) is 9. The van der Waals surface area contributed by atoms with Crippen LogP contribution in [-0.2, 0) is 30.2 Å². The van der Waals surface area contributed by atoms with E-state index < -0.39 is 36.1 Å². The SMILES string of the molecule is CC(=O)OC[C@H]1O[C@@H](n2cc(CCCl)c(-n3cncn3)nc2=O)C[C@@H]1OC(C)=O. The summed E-state index contributed by atoms with van der Waals surface area (Å²) in [6, 6.07) is 0. The third kappa shape index (κ3) is 4.98. The Balaban J connectivity index is 1.90. The van der Waals surface area contributed by atoms with Crippen LogP contribution in [0.1, 0.15) is 32.1 Å². The molecule has 0 radical (unpaired) electrons. The first-order valence-corrected chi connectivity index (χ1v) is 9.41. The molecule has 0 N–H and O–H groups in total. The number of alkyl halides is 1. The highest BCUT2D eigenvalue weighted by atomic mass is 35.5. The highest BCUT2D eigenvalue weighted by Crippen LogP contribution is 2.31. The maximum atomic E-state index is 12.7. The molecule has 3 atom stereocenters. The predicted octanol–water partition coefficient (Wildman–Crippen LogP) is 0.388. The van der Waals surface area contributed by atoms with Gasteiger partial charge in [0.15, 0.2) is 5.82 Å². The van der Waals surface area contributed by atoms with Crippen LogP contribution in [0.3, 0.4) is 0 Å². The summed E-state index contributed by atoms with van der Waals surface area (Å²) in [4.78, 5) is 43.2. The number of ether oxygens (including phenoxy) is 3. The molecule has 1 fully saturated rings. The fourth-order valence-electron chi connectivity index (χ4n) is 3.06. The Hall–Kier alpha value is -2.79. The van der Waals surface area contributed by atoms with Crippen molar-refractivity contribution in [2.24, 2.45) is 0 Å². The van der Waals surface area contributed by atoms with Gasteiger partial charge >= 0.3 is 17.6 Å². The van der Waals surface area contributed by atoms with Gasteiger partial charge in [-0.25, -0.2) is 14.5 Å². The molecule has 3 heterocycles. The Morgan fingerprint density at radius 1 is 1.34 bits per heavy atom. The van der Waals surface area contributed by atoms with E-state index >= 15 is 0 Å². The van der Waals surface area contributed by atoms with Gasteiger partial charge in [-0.15, -0.1) is 11.6 Å². The molecule has 12 heteroatoms. The number of aromatic nitrogens is 5. The maximum absolute atomic E-state index is 12.7. The van der Waals surface area contributed by atoms with Gasteiger partial charge in [-0.05, 0) is 6.42 Å². The summed E-state index contributed by atoms with van der Waals surface area (Å²) in [6.45, 7) is 2.44. The van der Waals surface area contributed by atoms with Gasteiger partial charge < -0.3 is 14.2 Å². The van der Waals surface area contributed by atoms with E-state index in [9.17, 15) is 14.4 Å². The molecule has 1 aliphatic heterocycles. The van der Waals surface area contributed by atoms with Gasteiger partial charge in [0.05, 0.1) is 0 Å². The Labute approximate surface area is 170 Å². The van der Waals surface area contributed by atoms with Crippen molar-refractivity contribution in [2.45, 2.75) is 45.1 Å². The van der Waals surface area contributed by atoms with E-state index in [0.29, 0.717) is 23.7 Å². The molecule has 0 amide bonds. The standard InChI is InChI=1S/C17H20ClN5O6/c1-10(24)27-7-14-13(28-11(2)25)5-15(29-14)22-6-12(3-4-18)16(21-17(22)26)23-9-19-8-20-23/h6,8-9,13-15H,3-5,7H2,1-2H3/t13-,14+,15+/m0/s1. The highest BCUT2D eigenvalue weighted by molar-refractivity contribution is 6.18. The summed E-state index contributed by atoms with van der Waals surface area (Å²) >= 11 is 5.90. The number of carbonyl (C=O) groups is 2. The molecule has 156 valence electrons. The van der Waals surface area contributed by atoms with Crippen molar-refractivity contribution < 1.29 is 23.8 Å². The molecule has 2 aromatic rings. The molecule has 2 aromatic heterocycles. The number of carbonyl (C=O) groups excluding carboxylic acids is 2. The second-order valence-electron chi connectivity index (χ2n) is 6.37. The number of hydrogen-bond donors (Lipinski definition) is 0. The maximum Gasteiger partial charge on any atom is 0.351 e. The minimum Gasteiger partial charge on any atom is -0.463 e. The van der Waals surface area contributed by atoms with E-state index in [1.807, 2.05) is 0 Å². The topological polar surface area (TPSA) is 127 Å². The smallest absolute Gasteiger partial charge is 0.351 e. The first kappa shape index (κ1) is 20.9. The number of aryl methyl sites for hydroxylation is 1. The van der Waals surface area contributed by atoms with Crippen LogP contribution < -0.4 is 5.69 Å². The minimum absolute atomic E-state index is 0.0997. The second kappa shape index (κ2) is 9.14. The average Bonchev–Trinajstić information content (AvgIpc) is 3.31. The molecule has 0 aromatic carbocycles. The summed E-state index contributed by atoms with van der Waals surface area (Å²) in [5.74, 6) is -0.352. The van der Waals surface area contributed by atoms with Crippen molar-refractivity contribution in [2.75, 3.05) is 12.5 Å². The highest BCUT2D eigenvalue weighted by Gasteiger charge is 2.40. The summed E-state index contributed by atoms with van der Waals surface area (Å²) < 4.78 is 18.8. The zero-order chi connectivity index (χ0) is 21.0. The number of halogens is 1. The third-order valence-corrected chi connectivity index (χ3v) is 4.45. The van der Waals surface area contributed by atoms with Crippen molar-refractivity contribution in [3.05, 3.63) is 34.9 Å². The fourth-order valence-corrected chi connectivity index (χ4v) is 3.26. The van der Waals surface area contributed by atoms with Gasteiger partial charge in [0.2, 0.25) is 0 Å². The van der Waals surface area contributed by atoms with Gasteiger partial charge in [0, 0.05) is 37.9 Å². The number of nitrogens with zero attached hydrogens (tertiary/aromatic N) is 5. The molecule has 29 heavy (non-hydrogen) atoms. The third-order valence-electron chi connectivity index (χ3n) is 4.26. The van der Waals surface area contributed by atoms with Gasteiger partial charge in [-0.1, -0.05) is 0 Å². The lowest BCUT2D eigenvalue weighted by Crippen LogP contribution is -2.31. The largest absolute Gasteiger partial charge is 0.463 e. The summed E-state index contributed by atoms with van der Waals surface area (Å²) in [5.41, 5.74) is 0.0923. The molecule has 3 rings (SSSR count). The summed E-state index contributed by atoms with van der Waals surface area (Å²) in [6.07, 6.45) is 2.87. The minimum atomic E-state index is -0.751. The first-order valence-electron chi connectivity index (χ1n) is 8.88. The molecular weight excluding hydrogens is 406 g/mol. The van der Waals surface area contributed by atoms with E-state index in [0.717, 1.165) is 0 Å². The van der Waals surface area contributed by atoms with Crippen LogP contribution in [0, 0.1) is 0 Å². The van der Waals surface area contributed by atoms with Gasteiger partial charge in [0.25, 0.3) is 0 Å². The zero-order valence-electron chi connectivity index (χ0n) is 15.9. The van der Waals surface area contributed by atoms with E-state index in [1.165, 1.54) is 35.8 Å². The van der Waals surface area contributed by atoms with E-state index in [2.05, 4.69) is 15.1 Å². The lowest BCUT2D eigenvalue weighted by atomic mass is 10.2. The fraction of sp³-hybridized carbons (Fsp3) is 0.529. The lowest BCUT2D eigenvalue weighted by molar-refractivity contribution is -0.155. The number of rotatable bonds is 7. The van der Waals surface area contributed by atoms with Gasteiger partial charge in [0.1, 0.15) is 37.7 Å². The van der Waals surface area contributed by atoms with Crippen LogP contribution in [0.25, 0.3) is 5.82 Å². The zero-order valence-corrected chi connectivity index (χ0v) is 16.6. The molecule has 0 spiro atoms. The quantitative estimate of drug-likeness (QED) is 0.457. The van der Waals surface area contributed by atoms with Gasteiger partial charge in [-0.3, -0.25) is 14.2 Å². The Morgan fingerprint density at radius 2 is 2.14 bits per heavy atom. The molecular formula is C17H20ClN5O6. The van der Waals surface area contributed by atoms with Crippen LogP contribution in [0.4, 0.5) is 0 Å². The van der Waals surface area contributed by atoms with E-state index in [4.69, 9.17) is 25.8 Å². The molecule has 0 bridgehead atoms. The Morgan fingerprint density at radius 3 is 2.76 bits per heavy atom. The Bertz CT molecular complexity index is 931. The van der Waals surface area contributed by atoms with E-state index in [-0.39, 0.29) is 13.0 Å². The van der Waals surface area contributed by atoms with Crippen molar-refractivity contribution in [3.8, 4) is 5.82 Å². The summed E-state index contributed by atoms with van der Waals surface area (Å²) in [7, 11) is 0. The molecule has 11 nitrogen and oxygen atoms in total. The van der Waals surface area contributed by atoms with Crippen molar-refractivity contribution >= 4 is 23.5 Å². The average molecular weight is 426 g/mol. The monoisotopic (exact) mass is 425 g/mol.